The van der Waals surface area contributed by atoms with Crippen LogP contribution in [0.4, 0.5) is 0 Å². The molecular formula is C17H33NO6S. The van der Waals surface area contributed by atoms with Gasteiger partial charge >= 0.3 is 5.97 Å². The maximum atomic E-state index is 12.2. The summed E-state index contributed by atoms with van der Waals surface area (Å²) in [5.41, 5.74) is 0. The third kappa shape index (κ3) is 12.8. The van der Waals surface area contributed by atoms with Gasteiger partial charge in [-0.25, -0.2) is 4.79 Å². The zero-order chi connectivity index (χ0) is 19.3. The quantitative estimate of drug-likeness (QED) is 0.334. The molecule has 1 unspecified atom stereocenters. The lowest BCUT2D eigenvalue weighted by atomic mass is 10.1. The molecule has 0 fully saturated rings. The first-order chi connectivity index (χ1) is 11.7. The Morgan fingerprint density at radius 1 is 0.960 bits per heavy atom. The van der Waals surface area contributed by atoms with E-state index in [1.807, 2.05) is 0 Å². The molecule has 0 bridgehead atoms. The zero-order valence-corrected chi connectivity index (χ0v) is 16.3. The van der Waals surface area contributed by atoms with Gasteiger partial charge in [0.25, 0.3) is 10.1 Å². The van der Waals surface area contributed by atoms with Crippen molar-refractivity contribution in [3.8, 4) is 0 Å². The predicted octanol–water partition coefficient (Wildman–Crippen LogP) is 3.10. The van der Waals surface area contributed by atoms with E-state index in [2.05, 4.69) is 6.92 Å². The molecule has 8 heteroatoms. The molecule has 0 spiro atoms. The Hall–Kier alpha value is -1.15. The van der Waals surface area contributed by atoms with E-state index in [1.54, 1.807) is 0 Å². The number of hydrogen-bond donors (Lipinski definition) is 2. The van der Waals surface area contributed by atoms with Gasteiger partial charge in [0.15, 0.2) is 0 Å². The van der Waals surface area contributed by atoms with Crippen LogP contribution < -0.4 is 0 Å². The molecule has 1 atom stereocenters. The maximum absolute atomic E-state index is 12.2. The lowest BCUT2D eigenvalue weighted by molar-refractivity contribution is -0.149. The first kappa shape index (κ1) is 23.9. The van der Waals surface area contributed by atoms with Gasteiger partial charge in [-0.2, -0.15) is 8.42 Å². The number of carboxylic acids is 1. The topological polar surface area (TPSA) is 112 Å². The summed E-state index contributed by atoms with van der Waals surface area (Å²) in [4.78, 5) is 24.3. The minimum atomic E-state index is -4.24. The van der Waals surface area contributed by atoms with Gasteiger partial charge in [0.1, 0.15) is 6.04 Å². The Morgan fingerprint density at radius 2 is 1.44 bits per heavy atom. The van der Waals surface area contributed by atoms with Crippen molar-refractivity contribution >= 4 is 22.0 Å². The Bertz CT molecular complexity index is 491. The highest BCUT2D eigenvalue weighted by Gasteiger charge is 2.26. The molecule has 0 aliphatic heterocycles. The van der Waals surface area contributed by atoms with E-state index in [9.17, 15) is 18.0 Å². The van der Waals surface area contributed by atoms with E-state index in [4.69, 9.17) is 9.66 Å². The molecule has 0 saturated carbocycles. The normalized spacial score (nSPS) is 12.8. The fraction of sp³-hybridized carbons (Fsp3) is 0.882. The highest BCUT2D eigenvalue weighted by atomic mass is 32.2. The lowest BCUT2D eigenvalue weighted by Gasteiger charge is -2.26. The van der Waals surface area contributed by atoms with Crippen LogP contribution in [0.15, 0.2) is 0 Å². The molecule has 0 heterocycles. The number of amides is 1. The average molecular weight is 380 g/mol. The van der Waals surface area contributed by atoms with Crippen LogP contribution in [0.2, 0.25) is 0 Å². The van der Waals surface area contributed by atoms with E-state index in [0.29, 0.717) is 6.42 Å². The van der Waals surface area contributed by atoms with Crippen molar-refractivity contribution in [3.63, 3.8) is 0 Å². The molecule has 25 heavy (non-hydrogen) atoms. The number of carboxylic acid groups (broad SMARTS) is 1. The van der Waals surface area contributed by atoms with Crippen LogP contribution in [0, 0.1) is 0 Å². The Kier molecular flexibility index (Phi) is 12.5. The van der Waals surface area contributed by atoms with Crippen molar-refractivity contribution < 1.29 is 27.7 Å². The van der Waals surface area contributed by atoms with Gasteiger partial charge in [0.05, 0.1) is 5.75 Å². The summed E-state index contributed by atoms with van der Waals surface area (Å²) in [6.07, 6.45) is 10.1. The molecule has 7 nitrogen and oxygen atoms in total. The Balaban J connectivity index is 4.15. The summed E-state index contributed by atoms with van der Waals surface area (Å²) < 4.78 is 30.5. The van der Waals surface area contributed by atoms with Crippen molar-refractivity contribution in [2.24, 2.45) is 0 Å². The standard InChI is InChI=1S/C17H33NO6S/c1-3-4-5-6-7-8-9-10-11-12-16(19)18(15(2)17(20)21)13-14-25(22,23)24/h15H,3-14H2,1-2H3,(H,20,21)(H,22,23,24). The van der Waals surface area contributed by atoms with Gasteiger partial charge in [-0.1, -0.05) is 58.3 Å². The molecule has 1 amide bonds. The van der Waals surface area contributed by atoms with Gasteiger partial charge in [0, 0.05) is 13.0 Å². The third-order valence-electron chi connectivity index (χ3n) is 4.23. The molecule has 2 N–H and O–H groups in total. The van der Waals surface area contributed by atoms with E-state index >= 15 is 0 Å². The monoisotopic (exact) mass is 379 g/mol. The summed E-state index contributed by atoms with van der Waals surface area (Å²) in [6.45, 7) is 3.20. The summed E-state index contributed by atoms with van der Waals surface area (Å²) in [5.74, 6) is -2.24. The Labute approximate surface area is 151 Å². The molecule has 0 aliphatic carbocycles. The zero-order valence-electron chi connectivity index (χ0n) is 15.4. The number of aliphatic carboxylic acids is 1. The number of hydrogen-bond acceptors (Lipinski definition) is 4. The van der Waals surface area contributed by atoms with Gasteiger partial charge in [0.2, 0.25) is 5.91 Å². The number of carbonyl (C=O) groups is 2. The van der Waals surface area contributed by atoms with E-state index in [0.717, 1.165) is 24.2 Å². The molecule has 148 valence electrons. The molecule has 0 saturated heterocycles. The van der Waals surface area contributed by atoms with Crippen LogP contribution >= 0.6 is 0 Å². The van der Waals surface area contributed by atoms with Crippen LogP contribution in [0.25, 0.3) is 0 Å². The maximum Gasteiger partial charge on any atom is 0.326 e. The second kappa shape index (κ2) is 13.1. The van der Waals surface area contributed by atoms with Crippen LogP contribution in [-0.2, 0) is 19.7 Å². The molecule has 0 radical (unpaired) electrons. The van der Waals surface area contributed by atoms with E-state index in [-0.39, 0.29) is 18.9 Å². The second-order valence-electron chi connectivity index (χ2n) is 6.47. The van der Waals surface area contributed by atoms with Gasteiger partial charge in [-0.15, -0.1) is 0 Å². The molecule has 0 aromatic heterocycles. The summed E-state index contributed by atoms with van der Waals surface area (Å²) in [5, 5.41) is 9.06. The lowest BCUT2D eigenvalue weighted by Crippen LogP contribution is -2.45. The second-order valence-corrected chi connectivity index (χ2v) is 8.04. The Morgan fingerprint density at radius 3 is 1.88 bits per heavy atom. The van der Waals surface area contributed by atoms with Crippen molar-refractivity contribution in [2.75, 3.05) is 12.3 Å². The number of unbranched alkanes of at least 4 members (excludes halogenated alkanes) is 8. The average Bonchev–Trinajstić information content (AvgIpc) is 2.52. The molecule has 0 aromatic carbocycles. The minimum absolute atomic E-state index is 0.193. The highest BCUT2D eigenvalue weighted by Crippen LogP contribution is 2.12. The summed E-state index contributed by atoms with van der Waals surface area (Å²) in [6, 6.07) is -1.12. The van der Waals surface area contributed by atoms with Gasteiger partial charge in [-0.05, 0) is 13.3 Å². The highest BCUT2D eigenvalue weighted by molar-refractivity contribution is 7.85. The van der Waals surface area contributed by atoms with Crippen LogP contribution in [0.5, 0.6) is 0 Å². The van der Waals surface area contributed by atoms with Crippen LogP contribution in [0.3, 0.4) is 0 Å². The fourth-order valence-corrected chi connectivity index (χ4v) is 3.04. The first-order valence-corrected chi connectivity index (χ1v) is 10.8. The van der Waals surface area contributed by atoms with Gasteiger partial charge in [-0.3, -0.25) is 9.35 Å². The number of carbonyl (C=O) groups excluding carboxylic acids is 1. The summed E-state index contributed by atoms with van der Waals surface area (Å²) in [7, 11) is -4.24. The predicted molar refractivity (Wildman–Crippen MR) is 97.1 cm³/mol. The molecular weight excluding hydrogens is 346 g/mol. The smallest absolute Gasteiger partial charge is 0.326 e. The van der Waals surface area contributed by atoms with Crippen LogP contribution in [-0.4, -0.2) is 53.2 Å². The van der Waals surface area contributed by atoms with Crippen molar-refractivity contribution in [1.29, 1.82) is 0 Å². The summed E-state index contributed by atoms with van der Waals surface area (Å²) >= 11 is 0. The van der Waals surface area contributed by atoms with Crippen molar-refractivity contribution in [1.82, 2.24) is 4.90 Å². The van der Waals surface area contributed by atoms with Crippen molar-refractivity contribution in [2.45, 2.75) is 84.1 Å². The van der Waals surface area contributed by atoms with Gasteiger partial charge < -0.3 is 10.0 Å². The first-order valence-electron chi connectivity index (χ1n) is 9.16. The van der Waals surface area contributed by atoms with E-state index in [1.165, 1.54) is 39.0 Å². The van der Waals surface area contributed by atoms with E-state index < -0.39 is 27.9 Å². The molecule has 0 rings (SSSR count). The SMILES string of the molecule is CCCCCCCCCCCC(=O)N(CCS(=O)(=O)O)C(C)C(=O)O. The van der Waals surface area contributed by atoms with Crippen LogP contribution in [0.1, 0.15) is 78.1 Å². The number of rotatable bonds is 15. The molecule has 0 aromatic rings. The number of nitrogens with zero attached hydrogens (tertiary/aromatic N) is 1. The molecule has 0 aliphatic rings. The minimum Gasteiger partial charge on any atom is -0.480 e. The largest absolute Gasteiger partial charge is 0.480 e. The third-order valence-corrected chi connectivity index (χ3v) is 4.93. The fourth-order valence-electron chi connectivity index (χ4n) is 2.61. The van der Waals surface area contributed by atoms with Crippen molar-refractivity contribution in [3.05, 3.63) is 0 Å².